The number of anilines is 2. The Morgan fingerprint density at radius 3 is 2.80 bits per heavy atom. The number of methoxy groups -OCH3 is 1. The highest BCUT2D eigenvalue weighted by atomic mass is 32.2. The lowest BCUT2D eigenvalue weighted by molar-refractivity contribution is 0.415. The Kier molecular flexibility index (Phi) is 4.61. The lowest BCUT2D eigenvalue weighted by Crippen LogP contribution is -1.89. The van der Waals surface area contributed by atoms with E-state index in [2.05, 4.69) is 34.8 Å². The number of fused-ring (bicyclic) bond motifs is 1. The first-order chi connectivity index (χ1) is 12.3. The minimum atomic E-state index is 0.829. The Labute approximate surface area is 157 Å². The maximum atomic E-state index is 5.28. The Morgan fingerprint density at radius 1 is 1.08 bits per heavy atom. The van der Waals surface area contributed by atoms with Crippen LogP contribution in [0.4, 0.5) is 10.3 Å². The molecule has 0 aliphatic heterocycles. The third kappa shape index (κ3) is 3.35. The van der Waals surface area contributed by atoms with E-state index in [9.17, 15) is 0 Å². The molecule has 1 N–H and O–H groups in total. The molecule has 0 amide bonds. The van der Waals surface area contributed by atoms with E-state index < -0.39 is 0 Å². The van der Waals surface area contributed by atoms with Gasteiger partial charge in [0.05, 0.1) is 23.0 Å². The van der Waals surface area contributed by atoms with Crippen molar-refractivity contribution >= 4 is 54.9 Å². The Morgan fingerprint density at radius 2 is 1.96 bits per heavy atom. The highest BCUT2D eigenvalue weighted by molar-refractivity contribution is 7.98. The summed E-state index contributed by atoms with van der Waals surface area (Å²) in [6.07, 6.45) is 2.07. The summed E-state index contributed by atoms with van der Waals surface area (Å²) in [5, 5.41) is 7.08. The number of benzene rings is 2. The molecule has 4 nitrogen and oxygen atoms in total. The first-order valence-electron chi connectivity index (χ1n) is 7.57. The summed E-state index contributed by atoms with van der Waals surface area (Å²) in [6, 6.07) is 14.2. The molecule has 25 heavy (non-hydrogen) atoms. The minimum Gasteiger partial charge on any atom is -0.497 e. The van der Waals surface area contributed by atoms with Gasteiger partial charge in [0, 0.05) is 15.8 Å². The summed E-state index contributed by atoms with van der Waals surface area (Å²) in [7, 11) is 1.67. The standard InChI is InChI=1S/C18H15N3OS3/c1-22-12-6-3-5-11(9-12)13-10-24-17(19-13)21-18-20-16-14(23-2)7-4-8-15(16)25-18/h3-10H,1-2H3,(H,19,20,21). The van der Waals surface area contributed by atoms with Gasteiger partial charge in [-0.25, -0.2) is 9.97 Å². The topological polar surface area (TPSA) is 47.0 Å². The van der Waals surface area contributed by atoms with Crippen LogP contribution in [-0.4, -0.2) is 23.3 Å². The Balaban J connectivity index is 1.61. The van der Waals surface area contributed by atoms with Crippen LogP contribution in [0.1, 0.15) is 0 Å². The van der Waals surface area contributed by atoms with Crippen LogP contribution in [0.3, 0.4) is 0 Å². The zero-order valence-corrected chi connectivity index (χ0v) is 16.1. The number of rotatable bonds is 5. The van der Waals surface area contributed by atoms with Gasteiger partial charge in [-0.1, -0.05) is 29.5 Å². The molecule has 0 spiro atoms. The van der Waals surface area contributed by atoms with Gasteiger partial charge in [0.2, 0.25) is 0 Å². The maximum Gasteiger partial charge on any atom is 0.190 e. The smallest absolute Gasteiger partial charge is 0.190 e. The first-order valence-corrected chi connectivity index (χ1v) is 10.5. The second-order valence-corrected chi connectivity index (χ2v) is 7.96. The van der Waals surface area contributed by atoms with Crippen molar-refractivity contribution < 1.29 is 4.74 Å². The van der Waals surface area contributed by atoms with Gasteiger partial charge in [0.25, 0.3) is 0 Å². The van der Waals surface area contributed by atoms with Crippen LogP contribution in [0, 0.1) is 0 Å². The van der Waals surface area contributed by atoms with E-state index in [0.29, 0.717) is 0 Å². The van der Waals surface area contributed by atoms with E-state index in [1.807, 2.05) is 29.6 Å². The van der Waals surface area contributed by atoms with E-state index in [1.165, 1.54) is 9.60 Å². The number of para-hydroxylation sites is 1. The summed E-state index contributed by atoms with van der Waals surface area (Å²) >= 11 is 4.93. The Bertz CT molecular complexity index is 1030. The second kappa shape index (κ2) is 7.03. The zero-order valence-electron chi connectivity index (χ0n) is 13.6. The molecule has 2 aromatic heterocycles. The molecule has 126 valence electrons. The van der Waals surface area contributed by atoms with Crippen molar-refractivity contribution in [3.8, 4) is 17.0 Å². The van der Waals surface area contributed by atoms with Crippen LogP contribution in [0.25, 0.3) is 21.5 Å². The van der Waals surface area contributed by atoms with Crippen molar-refractivity contribution in [2.75, 3.05) is 18.7 Å². The molecule has 0 unspecified atom stereocenters. The number of thiazole rings is 2. The predicted octanol–water partition coefficient (Wildman–Crippen LogP) is 5.89. The van der Waals surface area contributed by atoms with Gasteiger partial charge in [0.15, 0.2) is 10.3 Å². The number of thioether (sulfide) groups is 1. The third-order valence-corrected chi connectivity index (χ3v) is 6.15. The lowest BCUT2D eigenvalue weighted by atomic mass is 10.2. The summed E-state index contributed by atoms with van der Waals surface area (Å²) in [4.78, 5) is 10.6. The van der Waals surface area contributed by atoms with Crippen LogP contribution in [-0.2, 0) is 0 Å². The van der Waals surface area contributed by atoms with Crippen LogP contribution in [0.5, 0.6) is 5.75 Å². The fourth-order valence-electron chi connectivity index (χ4n) is 2.48. The van der Waals surface area contributed by atoms with Crippen LogP contribution in [0.15, 0.2) is 52.7 Å². The number of hydrogen-bond acceptors (Lipinski definition) is 7. The van der Waals surface area contributed by atoms with E-state index in [0.717, 1.165) is 32.8 Å². The predicted molar refractivity (Wildman–Crippen MR) is 109 cm³/mol. The molecule has 7 heteroatoms. The molecule has 2 heterocycles. The molecule has 4 rings (SSSR count). The average molecular weight is 386 g/mol. The summed E-state index contributed by atoms with van der Waals surface area (Å²) in [5.74, 6) is 0.829. The molecule has 0 aliphatic rings. The normalized spacial score (nSPS) is 11.0. The molecule has 0 bridgehead atoms. The van der Waals surface area contributed by atoms with E-state index in [1.54, 1.807) is 41.5 Å². The quantitative estimate of drug-likeness (QED) is 0.434. The van der Waals surface area contributed by atoms with Gasteiger partial charge in [-0.3, -0.25) is 0 Å². The zero-order chi connectivity index (χ0) is 17.2. The van der Waals surface area contributed by atoms with Crippen molar-refractivity contribution in [1.82, 2.24) is 9.97 Å². The van der Waals surface area contributed by atoms with E-state index in [4.69, 9.17) is 9.72 Å². The summed E-state index contributed by atoms with van der Waals surface area (Å²) in [6.45, 7) is 0. The monoisotopic (exact) mass is 385 g/mol. The van der Waals surface area contributed by atoms with Gasteiger partial charge < -0.3 is 10.1 Å². The highest BCUT2D eigenvalue weighted by Crippen LogP contribution is 2.35. The SMILES string of the molecule is COc1cccc(-c2csc(Nc3nc4c(SC)cccc4s3)n2)c1. The molecule has 0 atom stereocenters. The fourth-order valence-corrected chi connectivity index (χ4v) is 4.78. The molecular formula is C18H15N3OS3. The van der Waals surface area contributed by atoms with Crippen molar-refractivity contribution in [3.05, 3.63) is 47.8 Å². The van der Waals surface area contributed by atoms with E-state index in [-0.39, 0.29) is 0 Å². The first kappa shape index (κ1) is 16.4. The molecule has 0 fully saturated rings. The van der Waals surface area contributed by atoms with Gasteiger partial charge >= 0.3 is 0 Å². The number of hydrogen-bond donors (Lipinski definition) is 1. The summed E-state index contributed by atoms with van der Waals surface area (Å²) in [5.41, 5.74) is 3.02. The van der Waals surface area contributed by atoms with Crippen molar-refractivity contribution in [2.45, 2.75) is 4.90 Å². The third-order valence-electron chi connectivity index (χ3n) is 3.69. The molecule has 0 saturated carbocycles. The van der Waals surface area contributed by atoms with Crippen LogP contribution < -0.4 is 10.1 Å². The van der Waals surface area contributed by atoms with Gasteiger partial charge in [-0.15, -0.1) is 23.1 Å². The number of aromatic nitrogens is 2. The maximum absolute atomic E-state index is 5.28. The largest absolute Gasteiger partial charge is 0.497 e. The molecule has 0 aliphatic carbocycles. The average Bonchev–Trinajstić information content (AvgIpc) is 3.28. The molecule has 2 aromatic carbocycles. The number of nitrogens with one attached hydrogen (secondary N) is 1. The highest BCUT2D eigenvalue weighted by Gasteiger charge is 2.10. The Hall–Kier alpha value is -2.09. The van der Waals surface area contributed by atoms with Gasteiger partial charge in [-0.2, -0.15) is 0 Å². The van der Waals surface area contributed by atoms with Crippen LogP contribution >= 0.6 is 34.4 Å². The molecule has 0 saturated heterocycles. The van der Waals surface area contributed by atoms with Gasteiger partial charge in [-0.05, 0) is 30.5 Å². The second-order valence-electron chi connectivity index (χ2n) is 5.22. The number of ether oxygens (including phenoxy) is 1. The summed E-state index contributed by atoms with van der Waals surface area (Å²) < 4.78 is 6.46. The van der Waals surface area contributed by atoms with Crippen LogP contribution in [0.2, 0.25) is 0 Å². The fraction of sp³-hybridized carbons (Fsp3) is 0.111. The lowest BCUT2D eigenvalue weighted by Gasteiger charge is -2.01. The van der Waals surface area contributed by atoms with Crippen molar-refractivity contribution in [1.29, 1.82) is 0 Å². The van der Waals surface area contributed by atoms with Crippen molar-refractivity contribution in [2.24, 2.45) is 0 Å². The number of nitrogens with zero attached hydrogens (tertiary/aromatic N) is 2. The van der Waals surface area contributed by atoms with Crippen molar-refractivity contribution in [3.63, 3.8) is 0 Å². The molecule has 4 aromatic rings. The molecular weight excluding hydrogens is 370 g/mol. The van der Waals surface area contributed by atoms with Gasteiger partial charge in [0.1, 0.15) is 5.75 Å². The van der Waals surface area contributed by atoms with E-state index >= 15 is 0 Å². The molecule has 0 radical (unpaired) electrons. The minimum absolute atomic E-state index is 0.829.